The summed E-state index contributed by atoms with van der Waals surface area (Å²) in [4.78, 5) is 2.98. The number of likely N-dealkylation sites (tertiary alicyclic amines) is 1. The van der Waals surface area contributed by atoms with E-state index in [4.69, 9.17) is 0 Å². The lowest BCUT2D eigenvalue weighted by Crippen LogP contribution is -2.33. The lowest BCUT2D eigenvalue weighted by molar-refractivity contribution is -0.105. The first-order valence-electron chi connectivity index (χ1n) is 7.15. The topological polar surface area (TPSA) is 15.3 Å². The molecule has 1 aromatic carbocycles. The zero-order valence-electron chi connectivity index (χ0n) is 12.1. The summed E-state index contributed by atoms with van der Waals surface area (Å²) in [5, 5.41) is 3.33. The van der Waals surface area contributed by atoms with Crippen molar-refractivity contribution in [1.29, 1.82) is 0 Å². The number of halogens is 3. The van der Waals surface area contributed by atoms with E-state index in [1.54, 1.807) is 12.1 Å². The Kier molecular flexibility index (Phi) is 5.81. The second-order valence-corrected chi connectivity index (χ2v) is 6.54. The molecule has 6 heteroatoms. The number of alkyl halides is 3. The van der Waals surface area contributed by atoms with E-state index in [9.17, 15) is 13.2 Å². The number of para-hydroxylation sites is 1. The van der Waals surface area contributed by atoms with Crippen LogP contribution >= 0.6 is 11.8 Å². The maximum Gasteiger partial charge on any atom is 0.398 e. The Labute approximate surface area is 128 Å². The molecule has 0 atom stereocenters. The van der Waals surface area contributed by atoms with E-state index in [0.29, 0.717) is 10.8 Å². The summed E-state index contributed by atoms with van der Waals surface area (Å²) in [5.41, 5.74) is 0.811. The van der Waals surface area contributed by atoms with Gasteiger partial charge in [-0.05, 0) is 51.0 Å². The molecule has 1 aliphatic rings. The fourth-order valence-corrected chi connectivity index (χ4v) is 3.21. The van der Waals surface area contributed by atoms with Crippen molar-refractivity contribution in [2.45, 2.75) is 23.9 Å². The van der Waals surface area contributed by atoms with E-state index in [0.717, 1.165) is 49.9 Å². The van der Waals surface area contributed by atoms with Gasteiger partial charge in [0.05, 0.1) is 5.75 Å². The van der Waals surface area contributed by atoms with Crippen molar-refractivity contribution in [2.75, 3.05) is 37.8 Å². The molecule has 21 heavy (non-hydrogen) atoms. The predicted molar refractivity (Wildman–Crippen MR) is 81.9 cm³/mol. The summed E-state index contributed by atoms with van der Waals surface area (Å²) < 4.78 is 37.0. The van der Waals surface area contributed by atoms with Crippen molar-refractivity contribution < 1.29 is 13.2 Å². The molecule has 2 nitrogen and oxygen atoms in total. The van der Waals surface area contributed by atoms with Crippen LogP contribution < -0.4 is 5.32 Å². The van der Waals surface area contributed by atoms with Gasteiger partial charge in [-0.1, -0.05) is 12.1 Å². The molecule has 0 aromatic heterocycles. The van der Waals surface area contributed by atoms with Crippen LogP contribution in [0.3, 0.4) is 0 Å². The van der Waals surface area contributed by atoms with Crippen LogP contribution in [0.1, 0.15) is 12.8 Å². The Morgan fingerprint density at radius 3 is 2.57 bits per heavy atom. The van der Waals surface area contributed by atoms with E-state index >= 15 is 0 Å². The highest BCUT2D eigenvalue weighted by molar-refractivity contribution is 7.99. The van der Waals surface area contributed by atoms with Crippen LogP contribution in [0.2, 0.25) is 0 Å². The largest absolute Gasteiger partial charge is 0.398 e. The lowest BCUT2D eigenvalue weighted by Gasteiger charge is -2.29. The van der Waals surface area contributed by atoms with Gasteiger partial charge in [0.2, 0.25) is 0 Å². The van der Waals surface area contributed by atoms with Crippen molar-refractivity contribution in [2.24, 2.45) is 5.92 Å². The number of nitrogens with one attached hydrogen (secondary N) is 1. The number of hydrogen-bond donors (Lipinski definition) is 1. The molecular formula is C15H21F3N2S. The first-order chi connectivity index (χ1) is 9.94. The van der Waals surface area contributed by atoms with E-state index < -0.39 is 11.9 Å². The number of benzene rings is 1. The molecule has 1 aromatic rings. The smallest absolute Gasteiger partial charge is 0.384 e. The molecule has 0 spiro atoms. The van der Waals surface area contributed by atoms with Gasteiger partial charge in [0.15, 0.2) is 0 Å². The van der Waals surface area contributed by atoms with Gasteiger partial charge in [0.1, 0.15) is 0 Å². The molecular weight excluding hydrogens is 297 g/mol. The number of rotatable bonds is 5. The number of thioether (sulfide) groups is 1. The maximum absolute atomic E-state index is 12.3. The van der Waals surface area contributed by atoms with Crippen molar-refractivity contribution in [3.8, 4) is 0 Å². The minimum absolute atomic E-state index is 0.599. The Hall–Kier alpha value is -0.880. The summed E-state index contributed by atoms with van der Waals surface area (Å²) >= 11 is 0.845. The molecule has 0 unspecified atom stereocenters. The van der Waals surface area contributed by atoms with Crippen LogP contribution in [0, 0.1) is 5.92 Å². The minimum atomic E-state index is -4.13. The average molecular weight is 318 g/mol. The molecule has 1 fully saturated rings. The summed E-state index contributed by atoms with van der Waals surface area (Å²) in [6.07, 6.45) is -1.85. The van der Waals surface area contributed by atoms with E-state index in [-0.39, 0.29) is 0 Å². The normalized spacial score (nSPS) is 17.9. The fraction of sp³-hybridized carbons (Fsp3) is 0.600. The Bertz CT molecular complexity index is 443. The standard InChI is InChI=1S/C15H21F3N2S/c1-20-8-6-12(7-9-20)10-19-13-4-2-3-5-14(13)21-11-15(16,17)18/h2-5,12,19H,6-11H2,1H3. The van der Waals surface area contributed by atoms with Crippen LogP contribution in [0.5, 0.6) is 0 Å². The number of anilines is 1. The molecule has 2 rings (SSSR count). The first-order valence-corrected chi connectivity index (χ1v) is 8.13. The highest BCUT2D eigenvalue weighted by atomic mass is 32.2. The van der Waals surface area contributed by atoms with Crippen LogP contribution in [-0.2, 0) is 0 Å². The molecule has 1 heterocycles. The summed E-state index contributed by atoms with van der Waals surface area (Å²) in [7, 11) is 2.12. The quantitative estimate of drug-likeness (QED) is 0.823. The maximum atomic E-state index is 12.3. The monoisotopic (exact) mass is 318 g/mol. The third-order valence-electron chi connectivity index (χ3n) is 3.70. The molecule has 1 aliphatic heterocycles. The highest BCUT2D eigenvalue weighted by Gasteiger charge is 2.27. The van der Waals surface area contributed by atoms with Gasteiger partial charge in [-0.3, -0.25) is 0 Å². The SMILES string of the molecule is CN1CCC(CNc2ccccc2SCC(F)(F)F)CC1. The predicted octanol–water partition coefficient (Wildman–Crippen LogP) is 4.09. The Balaban J connectivity index is 1.87. The van der Waals surface area contributed by atoms with E-state index in [1.807, 2.05) is 12.1 Å². The molecule has 1 saturated heterocycles. The third kappa shape index (κ3) is 5.79. The lowest BCUT2D eigenvalue weighted by atomic mass is 9.97. The van der Waals surface area contributed by atoms with Gasteiger partial charge in [-0.25, -0.2) is 0 Å². The van der Waals surface area contributed by atoms with Gasteiger partial charge < -0.3 is 10.2 Å². The van der Waals surface area contributed by atoms with Gasteiger partial charge >= 0.3 is 6.18 Å². The molecule has 0 aliphatic carbocycles. The van der Waals surface area contributed by atoms with Crippen LogP contribution in [0.25, 0.3) is 0 Å². The highest BCUT2D eigenvalue weighted by Crippen LogP contribution is 2.32. The van der Waals surface area contributed by atoms with Crippen LogP contribution in [0.15, 0.2) is 29.2 Å². The van der Waals surface area contributed by atoms with Gasteiger partial charge in [0.25, 0.3) is 0 Å². The fourth-order valence-electron chi connectivity index (χ4n) is 2.42. The van der Waals surface area contributed by atoms with Crippen molar-refractivity contribution in [3.63, 3.8) is 0 Å². The third-order valence-corrected chi connectivity index (χ3v) is 4.84. The van der Waals surface area contributed by atoms with Gasteiger partial charge in [-0.15, -0.1) is 11.8 Å². The molecule has 0 bridgehead atoms. The van der Waals surface area contributed by atoms with Crippen molar-refractivity contribution in [1.82, 2.24) is 4.90 Å². The van der Waals surface area contributed by atoms with Crippen molar-refractivity contribution in [3.05, 3.63) is 24.3 Å². The van der Waals surface area contributed by atoms with Crippen LogP contribution in [0.4, 0.5) is 18.9 Å². The zero-order valence-corrected chi connectivity index (χ0v) is 12.9. The first kappa shape index (κ1) is 16.5. The second kappa shape index (κ2) is 7.40. The molecule has 1 N–H and O–H groups in total. The summed E-state index contributed by atoms with van der Waals surface area (Å²) in [6.45, 7) is 3.02. The second-order valence-electron chi connectivity index (χ2n) is 5.53. The zero-order chi connectivity index (χ0) is 15.3. The molecule has 0 amide bonds. The number of piperidine rings is 1. The van der Waals surface area contributed by atoms with Crippen LogP contribution in [-0.4, -0.2) is 43.5 Å². The number of hydrogen-bond acceptors (Lipinski definition) is 3. The number of nitrogens with zero attached hydrogens (tertiary/aromatic N) is 1. The summed E-state index contributed by atoms with van der Waals surface area (Å²) in [5.74, 6) is -0.248. The van der Waals surface area contributed by atoms with E-state index in [2.05, 4.69) is 17.3 Å². The Morgan fingerprint density at radius 1 is 1.24 bits per heavy atom. The van der Waals surface area contributed by atoms with Gasteiger partial charge in [0, 0.05) is 17.1 Å². The Morgan fingerprint density at radius 2 is 1.90 bits per heavy atom. The summed E-state index contributed by atoms with van der Waals surface area (Å²) in [6, 6.07) is 7.23. The van der Waals surface area contributed by atoms with E-state index in [1.165, 1.54) is 0 Å². The van der Waals surface area contributed by atoms with Crippen molar-refractivity contribution >= 4 is 17.4 Å². The molecule has 0 radical (unpaired) electrons. The molecule has 118 valence electrons. The molecule has 0 saturated carbocycles. The average Bonchev–Trinajstić information content (AvgIpc) is 2.44. The minimum Gasteiger partial charge on any atom is -0.384 e. The van der Waals surface area contributed by atoms with Gasteiger partial charge in [-0.2, -0.15) is 13.2 Å².